The van der Waals surface area contributed by atoms with Gasteiger partial charge < -0.3 is 10.1 Å². The van der Waals surface area contributed by atoms with Crippen LogP contribution in [0.15, 0.2) is 66.2 Å². The van der Waals surface area contributed by atoms with E-state index in [4.69, 9.17) is 4.74 Å². The van der Waals surface area contributed by atoms with Crippen molar-refractivity contribution < 1.29 is 9.53 Å². The van der Waals surface area contributed by atoms with Gasteiger partial charge in [-0.2, -0.15) is 0 Å². The normalized spacial score (nSPS) is 12.1. The zero-order chi connectivity index (χ0) is 20.2. The van der Waals surface area contributed by atoms with Gasteiger partial charge in [-0.3, -0.25) is 9.20 Å². The van der Waals surface area contributed by atoms with Crippen LogP contribution < -0.4 is 10.1 Å². The van der Waals surface area contributed by atoms with Crippen LogP contribution in [0, 0.1) is 0 Å². The van der Waals surface area contributed by atoms with E-state index in [9.17, 15) is 4.79 Å². The van der Waals surface area contributed by atoms with Gasteiger partial charge in [0.15, 0.2) is 4.96 Å². The lowest BCUT2D eigenvalue weighted by Crippen LogP contribution is -2.28. The maximum atomic E-state index is 12.6. The van der Waals surface area contributed by atoms with Crippen LogP contribution in [0.2, 0.25) is 0 Å². The number of carbonyl (C=O) groups is 1. The second-order valence-electron chi connectivity index (χ2n) is 6.84. The molecule has 0 radical (unpaired) electrons. The predicted molar refractivity (Wildman–Crippen MR) is 116 cm³/mol. The molecule has 0 saturated heterocycles. The molecule has 2 aromatic heterocycles. The number of nitrogens with zero attached hydrogens (tertiary/aromatic N) is 2. The first-order valence-electron chi connectivity index (χ1n) is 9.67. The highest BCUT2D eigenvalue weighted by atomic mass is 32.1. The molecular formula is C23H23N3O2S. The molecule has 5 nitrogen and oxygen atoms in total. The van der Waals surface area contributed by atoms with Crippen LogP contribution in [0.5, 0.6) is 5.75 Å². The molecular weight excluding hydrogens is 382 g/mol. The van der Waals surface area contributed by atoms with Gasteiger partial charge in [0.1, 0.15) is 5.75 Å². The number of nitrogens with one attached hydrogen (secondary N) is 1. The van der Waals surface area contributed by atoms with E-state index in [1.807, 2.05) is 84.4 Å². The van der Waals surface area contributed by atoms with Crippen molar-refractivity contribution in [1.29, 1.82) is 0 Å². The Labute approximate surface area is 174 Å². The van der Waals surface area contributed by atoms with Crippen LogP contribution in [0.25, 0.3) is 16.2 Å². The van der Waals surface area contributed by atoms with E-state index < -0.39 is 0 Å². The highest BCUT2D eigenvalue weighted by Crippen LogP contribution is 2.24. The monoisotopic (exact) mass is 405 g/mol. The van der Waals surface area contributed by atoms with Gasteiger partial charge in [-0.25, -0.2) is 4.98 Å². The number of benzene rings is 2. The summed E-state index contributed by atoms with van der Waals surface area (Å²) in [6.45, 7) is 4.59. The molecule has 0 saturated carbocycles. The molecule has 0 aliphatic heterocycles. The minimum absolute atomic E-state index is 0.0129. The fourth-order valence-corrected chi connectivity index (χ4v) is 4.14. The van der Waals surface area contributed by atoms with Crippen LogP contribution >= 0.6 is 11.3 Å². The Morgan fingerprint density at radius 1 is 1.17 bits per heavy atom. The van der Waals surface area contributed by atoms with Crippen molar-refractivity contribution in [2.75, 3.05) is 6.61 Å². The van der Waals surface area contributed by atoms with E-state index in [1.54, 1.807) is 11.3 Å². The van der Waals surface area contributed by atoms with E-state index in [2.05, 4.69) is 10.3 Å². The number of aromatic nitrogens is 2. The smallest absolute Gasteiger partial charge is 0.226 e. The SMILES string of the molecule is CCOc1ccc([C@@H](C)NC(=O)Cc2csc3nc(-c4ccccc4)cn23)cc1. The van der Waals surface area contributed by atoms with Gasteiger partial charge in [-0.05, 0) is 31.5 Å². The quantitative estimate of drug-likeness (QED) is 0.477. The van der Waals surface area contributed by atoms with Crippen molar-refractivity contribution in [3.63, 3.8) is 0 Å². The van der Waals surface area contributed by atoms with Gasteiger partial charge in [-0.15, -0.1) is 11.3 Å². The van der Waals surface area contributed by atoms with Crippen molar-refractivity contribution in [2.24, 2.45) is 0 Å². The van der Waals surface area contributed by atoms with Gasteiger partial charge in [0.25, 0.3) is 0 Å². The Morgan fingerprint density at radius 3 is 2.66 bits per heavy atom. The molecule has 4 rings (SSSR count). The number of fused-ring (bicyclic) bond motifs is 1. The Balaban J connectivity index is 1.44. The molecule has 0 fully saturated rings. The van der Waals surface area contributed by atoms with E-state index in [0.717, 1.165) is 33.2 Å². The molecule has 0 unspecified atom stereocenters. The number of carbonyl (C=O) groups excluding carboxylic acids is 1. The molecule has 0 aliphatic carbocycles. The number of amides is 1. The first kappa shape index (κ1) is 19.2. The molecule has 1 atom stereocenters. The molecule has 4 aromatic rings. The highest BCUT2D eigenvalue weighted by molar-refractivity contribution is 7.15. The summed E-state index contributed by atoms with van der Waals surface area (Å²) in [7, 11) is 0. The second kappa shape index (κ2) is 8.49. The third-order valence-corrected chi connectivity index (χ3v) is 5.65. The summed E-state index contributed by atoms with van der Waals surface area (Å²) in [5.74, 6) is 0.825. The topological polar surface area (TPSA) is 55.6 Å². The fourth-order valence-electron chi connectivity index (χ4n) is 3.26. The number of hydrogen-bond donors (Lipinski definition) is 1. The van der Waals surface area contributed by atoms with Gasteiger partial charge in [0.2, 0.25) is 5.91 Å². The third kappa shape index (κ3) is 4.32. The summed E-state index contributed by atoms with van der Waals surface area (Å²) in [5.41, 5.74) is 3.98. The number of imidazole rings is 1. The summed E-state index contributed by atoms with van der Waals surface area (Å²) < 4.78 is 7.48. The van der Waals surface area contributed by atoms with E-state index in [0.29, 0.717) is 13.0 Å². The molecule has 2 heterocycles. The van der Waals surface area contributed by atoms with Crippen molar-refractivity contribution in [1.82, 2.24) is 14.7 Å². The lowest BCUT2D eigenvalue weighted by Gasteiger charge is -2.15. The molecule has 29 heavy (non-hydrogen) atoms. The molecule has 2 aromatic carbocycles. The molecule has 0 bridgehead atoms. The van der Waals surface area contributed by atoms with Crippen LogP contribution in [0.3, 0.4) is 0 Å². The van der Waals surface area contributed by atoms with E-state index in [1.165, 1.54) is 0 Å². The summed E-state index contributed by atoms with van der Waals surface area (Å²) in [6, 6.07) is 17.8. The minimum Gasteiger partial charge on any atom is -0.494 e. The summed E-state index contributed by atoms with van der Waals surface area (Å²) >= 11 is 1.55. The standard InChI is InChI=1S/C23H23N3O2S/c1-3-28-20-11-9-17(10-12-20)16(2)24-22(27)13-19-15-29-23-25-21(14-26(19)23)18-7-5-4-6-8-18/h4-12,14-16H,3,13H2,1-2H3,(H,24,27)/t16-/m1/s1. The molecule has 1 N–H and O–H groups in total. The van der Waals surface area contributed by atoms with Crippen molar-refractivity contribution in [2.45, 2.75) is 26.3 Å². The largest absolute Gasteiger partial charge is 0.494 e. The summed E-state index contributed by atoms with van der Waals surface area (Å²) in [4.78, 5) is 18.2. The number of ether oxygens (including phenoxy) is 1. The molecule has 0 spiro atoms. The summed E-state index contributed by atoms with van der Waals surface area (Å²) in [5, 5.41) is 5.08. The molecule has 6 heteroatoms. The zero-order valence-electron chi connectivity index (χ0n) is 16.5. The Kier molecular flexibility index (Phi) is 5.62. The molecule has 148 valence electrons. The fraction of sp³-hybridized carbons (Fsp3) is 0.217. The average Bonchev–Trinajstić information content (AvgIpc) is 3.31. The molecule has 1 amide bonds. The third-order valence-electron chi connectivity index (χ3n) is 4.76. The van der Waals surface area contributed by atoms with Crippen LogP contribution in [0.4, 0.5) is 0 Å². The lowest BCUT2D eigenvalue weighted by molar-refractivity contribution is -0.121. The number of rotatable bonds is 7. The van der Waals surface area contributed by atoms with Crippen molar-refractivity contribution in [3.05, 3.63) is 77.4 Å². The first-order chi connectivity index (χ1) is 14.1. The van der Waals surface area contributed by atoms with Gasteiger partial charge in [0, 0.05) is 22.8 Å². The van der Waals surface area contributed by atoms with Crippen molar-refractivity contribution in [3.8, 4) is 17.0 Å². The maximum absolute atomic E-state index is 12.6. The highest BCUT2D eigenvalue weighted by Gasteiger charge is 2.15. The molecule has 0 aliphatic rings. The van der Waals surface area contributed by atoms with Gasteiger partial charge >= 0.3 is 0 Å². The maximum Gasteiger partial charge on any atom is 0.226 e. The van der Waals surface area contributed by atoms with Crippen molar-refractivity contribution >= 4 is 22.2 Å². The minimum atomic E-state index is -0.0741. The Morgan fingerprint density at radius 2 is 1.93 bits per heavy atom. The number of thiazole rings is 1. The van der Waals surface area contributed by atoms with E-state index in [-0.39, 0.29) is 11.9 Å². The number of hydrogen-bond acceptors (Lipinski definition) is 4. The van der Waals surface area contributed by atoms with Crippen LogP contribution in [-0.4, -0.2) is 21.9 Å². The van der Waals surface area contributed by atoms with Crippen LogP contribution in [-0.2, 0) is 11.2 Å². The van der Waals surface area contributed by atoms with Crippen LogP contribution in [0.1, 0.15) is 31.1 Å². The van der Waals surface area contributed by atoms with E-state index >= 15 is 0 Å². The van der Waals surface area contributed by atoms with Gasteiger partial charge in [-0.1, -0.05) is 42.5 Å². The summed E-state index contributed by atoms with van der Waals surface area (Å²) in [6.07, 6.45) is 2.31. The zero-order valence-corrected chi connectivity index (χ0v) is 17.3. The Bertz CT molecular complexity index is 1100. The second-order valence-corrected chi connectivity index (χ2v) is 7.68. The lowest BCUT2D eigenvalue weighted by atomic mass is 10.1. The predicted octanol–water partition coefficient (Wildman–Crippen LogP) is 4.88. The average molecular weight is 406 g/mol. The van der Waals surface area contributed by atoms with Gasteiger partial charge in [0.05, 0.1) is 24.8 Å². The first-order valence-corrected chi connectivity index (χ1v) is 10.5. The Hall–Kier alpha value is -3.12.